The van der Waals surface area contributed by atoms with Crippen molar-refractivity contribution < 1.29 is 32.2 Å². The summed E-state index contributed by atoms with van der Waals surface area (Å²) in [6, 6.07) is 10.6. The number of rotatable bonds is 5. The molecule has 1 heterocycles. The topological polar surface area (TPSA) is 108 Å². The van der Waals surface area contributed by atoms with Crippen molar-refractivity contribution >= 4 is 17.6 Å². The summed E-state index contributed by atoms with van der Waals surface area (Å²) in [4.78, 5) is 24.6. The third-order valence-electron chi connectivity index (χ3n) is 3.48. The molecule has 12 heteroatoms. The summed E-state index contributed by atoms with van der Waals surface area (Å²) in [6.45, 7) is 0. The minimum Gasteiger partial charge on any atom is -0.465 e. The van der Waals surface area contributed by atoms with Crippen molar-refractivity contribution in [2.75, 3.05) is 12.4 Å². The highest BCUT2D eigenvalue weighted by atomic mass is 19.4. The molecule has 0 unspecified atom stereocenters. The van der Waals surface area contributed by atoms with Crippen LogP contribution in [0.5, 0.6) is 5.75 Å². The van der Waals surface area contributed by atoms with Gasteiger partial charge in [-0.25, -0.2) is 4.79 Å². The number of benzene rings is 2. The number of halogens is 3. The summed E-state index contributed by atoms with van der Waals surface area (Å²) < 4.78 is 44.9. The lowest BCUT2D eigenvalue weighted by atomic mass is 10.2. The summed E-state index contributed by atoms with van der Waals surface area (Å²) in [5.41, 5.74) is 0.966. The average molecular weight is 407 g/mol. The minimum atomic E-state index is -4.80. The number of aromatic nitrogens is 4. The van der Waals surface area contributed by atoms with E-state index in [9.17, 15) is 22.8 Å². The van der Waals surface area contributed by atoms with Gasteiger partial charge < -0.3 is 14.8 Å². The van der Waals surface area contributed by atoms with Gasteiger partial charge in [0, 0.05) is 5.69 Å². The molecule has 0 aliphatic rings. The van der Waals surface area contributed by atoms with Crippen molar-refractivity contribution in [2.45, 2.75) is 6.36 Å². The lowest BCUT2D eigenvalue weighted by Gasteiger charge is -2.08. The van der Waals surface area contributed by atoms with Crippen molar-refractivity contribution in [2.24, 2.45) is 0 Å². The van der Waals surface area contributed by atoms with E-state index in [1.54, 1.807) is 0 Å². The Morgan fingerprint density at radius 1 is 1.03 bits per heavy atom. The summed E-state index contributed by atoms with van der Waals surface area (Å²) in [5, 5.41) is 13.7. The minimum absolute atomic E-state index is 0.266. The van der Waals surface area contributed by atoms with Crippen LogP contribution in [0.25, 0.3) is 5.69 Å². The van der Waals surface area contributed by atoms with E-state index < -0.39 is 24.0 Å². The van der Waals surface area contributed by atoms with Gasteiger partial charge >= 0.3 is 12.3 Å². The van der Waals surface area contributed by atoms with Crippen LogP contribution in [0.1, 0.15) is 21.0 Å². The molecule has 3 aromatic rings. The molecule has 0 bridgehead atoms. The van der Waals surface area contributed by atoms with Crippen molar-refractivity contribution in [1.29, 1.82) is 0 Å². The fourth-order valence-corrected chi connectivity index (χ4v) is 2.19. The first kappa shape index (κ1) is 19.8. The second kappa shape index (κ2) is 7.96. The Morgan fingerprint density at radius 2 is 1.69 bits per heavy atom. The van der Waals surface area contributed by atoms with Gasteiger partial charge in [0.05, 0.1) is 18.4 Å². The van der Waals surface area contributed by atoms with Crippen LogP contribution in [0.2, 0.25) is 0 Å². The molecule has 0 saturated heterocycles. The monoisotopic (exact) mass is 407 g/mol. The van der Waals surface area contributed by atoms with Crippen LogP contribution in [0.4, 0.5) is 18.9 Å². The molecular formula is C17H12F3N5O4. The molecule has 0 aliphatic heterocycles. The fraction of sp³-hybridized carbons (Fsp3) is 0.118. The number of alkyl halides is 3. The first-order chi connectivity index (χ1) is 13.7. The zero-order valence-electron chi connectivity index (χ0n) is 14.7. The first-order valence-electron chi connectivity index (χ1n) is 7.91. The maximum atomic E-state index is 12.2. The highest BCUT2D eigenvalue weighted by Gasteiger charge is 2.31. The Labute approximate surface area is 161 Å². The Kier molecular flexibility index (Phi) is 5.43. The molecule has 150 valence electrons. The molecule has 1 amide bonds. The van der Waals surface area contributed by atoms with Gasteiger partial charge in [-0.05, 0) is 53.7 Å². The van der Waals surface area contributed by atoms with Crippen LogP contribution < -0.4 is 10.1 Å². The Morgan fingerprint density at radius 3 is 2.28 bits per heavy atom. The van der Waals surface area contributed by atoms with E-state index in [0.717, 1.165) is 16.9 Å². The number of anilines is 1. The molecule has 0 atom stereocenters. The van der Waals surface area contributed by atoms with Crippen molar-refractivity contribution in [1.82, 2.24) is 20.2 Å². The molecule has 0 fully saturated rings. The second-order valence-corrected chi connectivity index (χ2v) is 5.47. The van der Waals surface area contributed by atoms with E-state index in [-0.39, 0.29) is 11.5 Å². The van der Waals surface area contributed by atoms with Crippen molar-refractivity contribution in [3.63, 3.8) is 0 Å². The molecule has 0 radical (unpaired) electrons. The predicted molar refractivity (Wildman–Crippen MR) is 91.6 cm³/mol. The van der Waals surface area contributed by atoms with Gasteiger partial charge in [-0.3, -0.25) is 4.79 Å². The number of methoxy groups -OCH3 is 1. The first-order valence-corrected chi connectivity index (χ1v) is 7.91. The van der Waals surface area contributed by atoms with E-state index in [1.165, 1.54) is 43.5 Å². The molecule has 3 rings (SSSR count). The van der Waals surface area contributed by atoms with E-state index in [0.29, 0.717) is 11.3 Å². The summed E-state index contributed by atoms with van der Waals surface area (Å²) in [6.07, 6.45) is -4.80. The molecule has 29 heavy (non-hydrogen) atoms. The molecule has 1 N–H and O–H groups in total. The smallest absolute Gasteiger partial charge is 0.465 e. The third-order valence-corrected chi connectivity index (χ3v) is 3.48. The fourth-order valence-electron chi connectivity index (χ4n) is 2.19. The number of hydrogen-bond donors (Lipinski definition) is 1. The third kappa shape index (κ3) is 5.06. The highest BCUT2D eigenvalue weighted by Crippen LogP contribution is 2.23. The van der Waals surface area contributed by atoms with Crippen molar-refractivity contribution in [3.8, 4) is 11.4 Å². The number of carbonyl (C=O) groups is 2. The number of ether oxygens (including phenoxy) is 2. The summed E-state index contributed by atoms with van der Waals surface area (Å²) in [7, 11) is 1.25. The summed E-state index contributed by atoms with van der Waals surface area (Å²) >= 11 is 0. The number of hydrogen-bond acceptors (Lipinski definition) is 7. The van der Waals surface area contributed by atoms with E-state index in [1.807, 2.05) is 0 Å². The number of amides is 1. The molecule has 0 aliphatic carbocycles. The number of tetrazole rings is 1. The largest absolute Gasteiger partial charge is 0.573 e. The van der Waals surface area contributed by atoms with E-state index in [4.69, 9.17) is 0 Å². The van der Waals surface area contributed by atoms with Gasteiger partial charge in [-0.1, -0.05) is 0 Å². The Bertz CT molecular complexity index is 1020. The maximum Gasteiger partial charge on any atom is 0.573 e. The number of nitrogens with one attached hydrogen (secondary N) is 1. The normalized spacial score (nSPS) is 11.0. The molecule has 2 aromatic carbocycles. The van der Waals surface area contributed by atoms with E-state index >= 15 is 0 Å². The average Bonchev–Trinajstić information content (AvgIpc) is 3.18. The Hall–Kier alpha value is -3.96. The van der Waals surface area contributed by atoms with Gasteiger partial charge in [0.2, 0.25) is 0 Å². The number of carbonyl (C=O) groups excluding carboxylic acids is 2. The molecule has 1 aromatic heterocycles. The van der Waals surface area contributed by atoms with Gasteiger partial charge in [0.1, 0.15) is 5.75 Å². The Balaban J connectivity index is 1.67. The van der Waals surface area contributed by atoms with Crippen LogP contribution in [-0.4, -0.2) is 45.6 Å². The van der Waals surface area contributed by atoms with E-state index in [2.05, 4.69) is 30.2 Å². The SMILES string of the molecule is COC(=O)c1ccc(NC(=O)c2nnn(-c3ccc(OC(F)(F)F)cc3)n2)cc1. The lowest BCUT2D eigenvalue weighted by Crippen LogP contribution is -2.17. The second-order valence-electron chi connectivity index (χ2n) is 5.47. The predicted octanol–water partition coefficient (Wildman–Crippen LogP) is 2.60. The maximum absolute atomic E-state index is 12.2. The van der Waals surface area contributed by atoms with Crippen LogP contribution in [0.15, 0.2) is 48.5 Å². The molecule has 0 spiro atoms. The van der Waals surface area contributed by atoms with Gasteiger partial charge in [0.15, 0.2) is 0 Å². The van der Waals surface area contributed by atoms with Crippen LogP contribution in [0, 0.1) is 0 Å². The highest BCUT2D eigenvalue weighted by molar-refractivity contribution is 6.01. The van der Waals surface area contributed by atoms with Crippen LogP contribution >= 0.6 is 0 Å². The molecule has 0 saturated carbocycles. The lowest BCUT2D eigenvalue weighted by molar-refractivity contribution is -0.274. The molecular weight excluding hydrogens is 395 g/mol. The van der Waals surface area contributed by atoms with Crippen LogP contribution in [0.3, 0.4) is 0 Å². The quantitative estimate of drug-likeness (QED) is 0.648. The van der Waals surface area contributed by atoms with Crippen LogP contribution in [-0.2, 0) is 4.74 Å². The van der Waals surface area contributed by atoms with Gasteiger partial charge in [0.25, 0.3) is 11.7 Å². The van der Waals surface area contributed by atoms with Gasteiger partial charge in [-0.15, -0.1) is 28.2 Å². The zero-order chi connectivity index (χ0) is 21.0. The summed E-state index contributed by atoms with van der Waals surface area (Å²) in [5.74, 6) is -1.86. The standard InChI is InChI=1S/C17H12F3N5O4/c1-28-16(27)10-2-4-11(5-3-10)21-15(26)14-22-24-25(23-14)12-6-8-13(9-7-12)29-17(18,19)20/h2-9H,1H3,(H,21,26). The number of nitrogens with zero attached hydrogens (tertiary/aromatic N) is 4. The van der Waals surface area contributed by atoms with Gasteiger partial charge in [-0.2, -0.15) is 0 Å². The van der Waals surface area contributed by atoms with Crippen molar-refractivity contribution in [3.05, 3.63) is 59.9 Å². The number of esters is 1. The zero-order valence-corrected chi connectivity index (χ0v) is 14.7. The molecule has 9 nitrogen and oxygen atoms in total.